The van der Waals surface area contributed by atoms with Gasteiger partial charge in [0.2, 0.25) is 0 Å². The molecule has 1 aromatic heterocycles. The van der Waals surface area contributed by atoms with Gasteiger partial charge in [0.25, 0.3) is 5.56 Å². The Kier molecular flexibility index (Phi) is 5.90. The molecule has 170 valence electrons. The van der Waals surface area contributed by atoms with E-state index in [0.29, 0.717) is 24.6 Å². The van der Waals surface area contributed by atoms with Crippen molar-refractivity contribution in [3.63, 3.8) is 0 Å². The van der Waals surface area contributed by atoms with Crippen LogP contribution in [-0.2, 0) is 19.6 Å². The van der Waals surface area contributed by atoms with Gasteiger partial charge in [0, 0.05) is 43.3 Å². The van der Waals surface area contributed by atoms with E-state index >= 15 is 0 Å². The molecule has 1 atom stereocenters. The number of methoxy groups -OCH3 is 1. The minimum Gasteiger partial charge on any atom is -0.494 e. The van der Waals surface area contributed by atoms with Crippen LogP contribution in [0.4, 0.5) is 4.39 Å². The van der Waals surface area contributed by atoms with E-state index in [-0.39, 0.29) is 23.3 Å². The smallest absolute Gasteiger partial charge is 0.250 e. The maximum absolute atomic E-state index is 14.7. The highest BCUT2D eigenvalue weighted by molar-refractivity contribution is 5.31. The lowest BCUT2D eigenvalue weighted by Gasteiger charge is -2.33. The van der Waals surface area contributed by atoms with Crippen molar-refractivity contribution < 1.29 is 9.13 Å². The normalized spacial score (nSPS) is 17.6. The Morgan fingerprint density at radius 1 is 0.879 bits per heavy atom. The second-order valence-corrected chi connectivity index (χ2v) is 8.81. The van der Waals surface area contributed by atoms with E-state index in [0.717, 1.165) is 12.1 Å². The number of ether oxygens (including phenoxy) is 1. The molecule has 1 aliphatic heterocycles. The number of rotatable bonds is 8. The average molecular weight is 446 g/mol. The number of aromatic nitrogens is 1. The molecule has 2 aromatic carbocycles. The lowest BCUT2D eigenvalue weighted by Crippen LogP contribution is -2.39. The third-order valence-electron chi connectivity index (χ3n) is 6.43. The number of hydrogen-bond acceptors (Lipinski definition) is 4. The predicted octanol–water partition coefficient (Wildman–Crippen LogP) is 4.57. The van der Waals surface area contributed by atoms with Crippen molar-refractivity contribution in [3.8, 4) is 5.75 Å². The van der Waals surface area contributed by atoms with Gasteiger partial charge >= 0.3 is 0 Å². The molecule has 1 unspecified atom stereocenters. The van der Waals surface area contributed by atoms with Crippen molar-refractivity contribution in [2.45, 2.75) is 38.6 Å². The average Bonchev–Trinajstić information content (AvgIpc) is 3.59. The highest BCUT2D eigenvalue weighted by Crippen LogP contribution is 2.41. The summed E-state index contributed by atoms with van der Waals surface area (Å²) in [7, 11) is 1.50. The van der Waals surface area contributed by atoms with Crippen molar-refractivity contribution >= 4 is 0 Å². The van der Waals surface area contributed by atoms with Gasteiger partial charge in [0.05, 0.1) is 13.7 Å². The van der Waals surface area contributed by atoms with Gasteiger partial charge in [-0.2, -0.15) is 0 Å². The number of hydrogen-bond donors (Lipinski definition) is 0. The van der Waals surface area contributed by atoms with Crippen LogP contribution < -0.4 is 10.3 Å². The Balaban J connectivity index is 1.27. The fourth-order valence-electron chi connectivity index (χ4n) is 4.55. The second-order valence-electron chi connectivity index (χ2n) is 8.81. The van der Waals surface area contributed by atoms with Crippen molar-refractivity contribution in [1.82, 2.24) is 14.4 Å². The number of nitrogens with zero attached hydrogens (tertiary/aromatic N) is 3. The van der Waals surface area contributed by atoms with Gasteiger partial charge < -0.3 is 19.1 Å². The zero-order valence-corrected chi connectivity index (χ0v) is 18.7. The standard InChI is InChI=1S/C27H28FN3O2/c1-33-24-6-4-5-23(26(24)28)19-31-16-15-30(27(31)22-12-13-22)18-21-10-8-20(9-11-21)17-29-14-3-2-7-25(29)32/h2-11,14-16,22,27H,12-13,17-19H2,1H3. The highest BCUT2D eigenvalue weighted by atomic mass is 19.1. The van der Waals surface area contributed by atoms with Gasteiger partial charge in [-0.05, 0) is 42.0 Å². The van der Waals surface area contributed by atoms with Crippen LogP contribution in [0.1, 0.15) is 29.5 Å². The van der Waals surface area contributed by atoms with Gasteiger partial charge in [0.15, 0.2) is 11.6 Å². The minimum absolute atomic E-state index is 0.00335. The Morgan fingerprint density at radius 2 is 1.58 bits per heavy atom. The number of pyridine rings is 1. The number of halogens is 1. The molecule has 0 bridgehead atoms. The highest BCUT2D eigenvalue weighted by Gasteiger charge is 2.40. The molecule has 2 aliphatic rings. The fraction of sp³-hybridized carbons (Fsp3) is 0.296. The molecule has 1 saturated carbocycles. The van der Waals surface area contributed by atoms with Gasteiger partial charge in [-0.25, -0.2) is 4.39 Å². The first-order chi connectivity index (χ1) is 16.1. The van der Waals surface area contributed by atoms with Crippen molar-refractivity contribution in [1.29, 1.82) is 0 Å². The second kappa shape index (κ2) is 9.14. The van der Waals surface area contributed by atoms with Crippen molar-refractivity contribution in [2.24, 2.45) is 5.92 Å². The monoisotopic (exact) mass is 445 g/mol. The summed E-state index contributed by atoms with van der Waals surface area (Å²) in [6.45, 7) is 1.87. The van der Waals surface area contributed by atoms with Crippen LogP contribution in [-0.4, -0.2) is 27.6 Å². The maximum atomic E-state index is 14.7. The van der Waals surface area contributed by atoms with E-state index < -0.39 is 0 Å². The summed E-state index contributed by atoms with van der Waals surface area (Å²) in [5.74, 6) is 0.598. The molecule has 1 aliphatic carbocycles. The molecule has 0 N–H and O–H groups in total. The molecular weight excluding hydrogens is 417 g/mol. The molecule has 3 aromatic rings. The summed E-state index contributed by atoms with van der Waals surface area (Å²) in [6.07, 6.45) is 8.65. The molecule has 0 spiro atoms. The third-order valence-corrected chi connectivity index (χ3v) is 6.43. The van der Waals surface area contributed by atoms with E-state index in [1.54, 1.807) is 22.8 Å². The molecule has 33 heavy (non-hydrogen) atoms. The topological polar surface area (TPSA) is 37.7 Å². The van der Waals surface area contributed by atoms with Crippen LogP contribution in [0.3, 0.4) is 0 Å². The zero-order valence-electron chi connectivity index (χ0n) is 18.7. The molecule has 2 heterocycles. The molecule has 6 heteroatoms. The third kappa shape index (κ3) is 4.65. The van der Waals surface area contributed by atoms with E-state index in [9.17, 15) is 9.18 Å². The number of benzene rings is 2. The first-order valence-corrected chi connectivity index (χ1v) is 11.4. The predicted molar refractivity (Wildman–Crippen MR) is 126 cm³/mol. The Labute approximate surface area is 193 Å². The zero-order chi connectivity index (χ0) is 22.8. The summed E-state index contributed by atoms with van der Waals surface area (Å²) in [4.78, 5) is 16.6. The van der Waals surface area contributed by atoms with Crippen LogP contribution in [0.2, 0.25) is 0 Å². The van der Waals surface area contributed by atoms with E-state index in [1.807, 2.05) is 24.4 Å². The molecule has 5 rings (SSSR count). The summed E-state index contributed by atoms with van der Waals surface area (Å²) < 4.78 is 21.6. The summed E-state index contributed by atoms with van der Waals surface area (Å²) in [5, 5.41) is 0. The molecule has 0 radical (unpaired) electrons. The lowest BCUT2D eigenvalue weighted by molar-refractivity contribution is 0.119. The molecule has 0 amide bonds. The lowest BCUT2D eigenvalue weighted by atomic mass is 10.1. The van der Waals surface area contributed by atoms with Gasteiger partial charge in [-0.1, -0.05) is 42.5 Å². The first-order valence-electron chi connectivity index (χ1n) is 11.4. The van der Waals surface area contributed by atoms with Crippen LogP contribution in [0.15, 0.2) is 84.1 Å². The maximum Gasteiger partial charge on any atom is 0.250 e. The molecule has 5 nitrogen and oxygen atoms in total. The van der Waals surface area contributed by atoms with Crippen LogP contribution in [0, 0.1) is 11.7 Å². The van der Waals surface area contributed by atoms with Gasteiger partial charge in [-0.3, -0.25) is 4.79 Å². The largest absolute Gasteiger partial charge is 0.494 e. The SMILES string of the molecule is COc1cccc(CN2C=CN(Cc3ccc(Cn4ccccc4=O)cc3)C2C2CC2)c1F. The Bertz CT molecular complexity index is 1200. The van der Waals surface area contributed by atoms with Crippen molar-refractivity contribution in [2.75, 3.05) is 7.11 Å². The van der Waals surface area contributed by atoms with Crippen LogP contribution in [0.5, 0.6) is 5.75 Å². The van der Waals surface area contributed by atoms with Gasteiger partial charge in [-0.15, -0.1) is 0 Å². The first kappa shape index (κ1) is 21.3. The fourth-order valence-corrected chi connectivity index (χ4v) is 4.55. The summed E-state index contributed by atoms with van der Waals surface area (Å²) >= 11 is 0. The van der Waals surface area contributed by atoms with Crippen LogP contribution >= 0.6 is 0 Å². The van der Waals surface area contributed by atoms with Crippen LogP contribution in [0.25, 0.3) is 0 Å². The van der Waals surface area contributed by atoms with Gasteiger partial charge in [0.1, 0.15) is 6.17 Å². The Morgan fingerprint density at radius 3 is 2.24 bits per heavy atom. The molecule has 0 saturated heterocycles. The van der Waals surface area contributed by atoms with E-state index in [4.69, 9.17) is 4.74 Å². The van der Waals surface area contributed by atoms with E-state index in [1.165, 1.54) is 25.5 Å². The summed E-state index contributed by atoms with van der Waals surface area (Å²) in [6, 6.07) is 19.0. The Hall–Kier alpha value is -3.54. The van der Waals surface area contributed by atoms with E-state index in [2.05, 4.69) is 46.5 Å². The van der Waals surface area contributed by atoms with Crippen molar-refractivity contribution in [3.05, 3.63) is 112 Å². The summed E-state index contributed by atoms with van der Waals surface area (Å²) in [5.41, 5.74) is 2.96. The molecular formula is C27H28FN3O2. The molecule has 1 fully saturated rings. The minimum atomic E-state index is -0.283. The quantitative estimate of drug-likeness (QED) is 0.509.